The molecule has 0 saturated carbocycles. The number of aryl methyl sites for hydroxylation is 2. The second-order valence-electron chi connectivity index (χ2n) is 7.32. The van der Waals surface area contributed by atoms with Crippen LogP contribution in [0.4, 0.5) is 8.78 Å². The van der Waals surface area contributed by atoms with Crippen molar-refractivity contribution >= 4 is 17.9 Å². The van der Waals surface area contributed by atoms with E-state index in [0.29, 0.717) is 31.9 Å². The van der Waals surface area contributed by atoms with E-state index in [-0.39, 0.29) is 17.4 Å². The lowest BCUT2D eigenvalue weighted by atomic mass is 10.1. The van der Waals surface area contributed by atoms with Crippen molar-refractivity contribution in [3.05, 3.63) is 58.9 Å². The minimum Gasteiger partial charge on any atom is -0.336 e. The standard InChI is InChI=1S/C21H22F2N4O2/c22-16-5-6-18(23)15(13-16)4-7-20(28)25-9-11-26(12-10-25)21(29)19-14-17-3-1-2-8-27(17)24-19/h4-7,13-14H,1-3,8-12H2/b7-4+. The quantitative estimate of drug-likeness (QED) is 0.744. The Labute approximate surface area is 167 Å². The van der Waals surface area contributed by atoms with Gasteiger partial charge in [0.2, 0.25) is 5.91 Å². The van der Waals surface area contributed by atoms with Gasteiger partial charge >= 0.3 is 0 Å². The lowest BCUT2D eigenvalue weighted by Gasteiger charge is -2.33. The zero-order valence-corrected chi connectivity index (χ0v) is 16.0. The Morgan fingerprint density at radius 2 is 1.72 bits per heavy atom. The average Bonchev–Trinajstić information content (AvgIpc) is 3.18. The van der Waals surface area contributed by atoms with Crippen LogP contribution in [0.25, 0.3) is 6.08 Å². The van der Waals surface area contributed by atoms with Gasteiger partial charge in [0.25, 0.3) is 5.91 Å². The van der Waals surface area contributed by atoms with Crippen LogP contribution in [0.15, 0.2) is 30.3 Å². The summed E-state index contributed by atoms with van der Waals surface area (Å²) in [7, 11) is 0. The van der Waals surface area contributed by atoms with Crippen molar-refractivity contribution in [1.82, 2.24) is 19.6 Å². The van der Waals surface area contributed by atoms with Gasteiger partial charge in [0, 0.05) is 50.1 Å². The van der Waals surface area contributed by atoms with E-state index in [2.05, 4.69) is 5.10 Å². The highest BCUT2D eigenvalue weighted by atomic mass is 19.1. The molecular formula is C21H22F2N4O2. The van der Waals surface area contributed by atoms with Crippen LogP contribution < -0.4 is 0 Å². The molecule has 6 nitrogen and oxygen atoms in total. The SMILES string of the molecule is O=C(/C=C/c1cc(F)ccc1F)N1CCN(C(=O)c2cc3n(n2)CCCC3)CC1. The fraction of sp³-hybridized carbons (Fsp3) is 0.381. The zero-order valence-electron chi connectivity index (χ0n) is 16.0. The molecule has 0 N–H and O–H groups in total. The van der Waals surface area contributed by atoms with Gasteiger partial charge in [0.1, 0.15) is 11.6 Å². The van der Waals surface area contributed by atoms with Gasteiger partial charge in [-0.25, -0.2) is 8.78 Å². The van der Waals surface area contributed by atoms with E-state index < -0.39 is 11.6 Å². The molecule has 1 saturated heterocycles. The van der Waals surface area contributed by atoms with Gasteiger partial charge in [-0.3, -0.25) is 14.3 Å². The van der Waals surface area contributed by atoms with Gasteiger partial charge in [-0.1, -0.05) is 0 Å². The van der Waals surface area contributed by atoms with E-state index in [1.54, 1.807) is 9.80 Å². The number of aromatic nitrogens is 2. The smallest absolute Gasteiger partial charge is 0.274 e. The first-order valence-electron chi connectivity index (χ1n) is 9.79. The summed E-state index contributed by atoms with van der Waals surface area (Å²) in [5.74, 6) is -1.56. The minimum atomic E-state index is -0.589. The van der Waals surface area contributed by atoms with Crippen LogP contribution in [0.3, 0.4) is 0 Å². The van der Waals surface area contributed by atoms with Gasteiger partial charge in [-0.2, -0.15) is 5.10 Å². The van der Waals surface area contributed by atoms with Crippen LogP contribution in [0, 0.1) is 11.6 Å². The first-order chi connectivity index (χ1) is 14.0. The number of halogens is 2. The second-order valence-corrected chi connectivity index (χ2v) is 7.32. The molecule has 0 radical (unpaired) electrons. The number of rotatable bonds is 3. The fourth-order valence-electron chi connectivity index (χ4n) is 3.72. The van der Waals surface area contributed by atoms with Gasteiger partial charge in [0.15, 0.2) is 5.69 Å². The number of amides is 2. The van der Waals surface area contributed by atoms with Crippen molar-refractivity contribution < 1.29 is 18.4 Å². The number of benzene rings is 1. The van der Waals surface area contributed by atoms with Gasteiger partial charge in [-0.05, 0) is 49.6 Å². The Morgan fingerprint density at radius 1 is 0.966 bits per heavy atom. The van der Waals surface area contributed by atoms with Crippen molar-refractivity contribution in [2.24, 2.45) is 0 Å². The van der Waals surface area contributed by atoms with Crippen LogP contribution in [0.5, 0.6) is 0 Å². The molecule has 0 atom stereocenters. The van der Waals surface area contributed by atoms with Crippen molar-refractivity contribution in [1.29, 1.82) is 0 Å². The Balaban J connectivity index is 1.34. The Morgan fingerprint density at radius 3 is 2.48 bits per heavy atom. The summed E-state index contributed by atoms with van der Waals surface area (Å²) in [6.07, 6.45) is 5.65. The molecule has 1 aromatic heterocycles. The summed E-state index contributed by atoms with van der Waals surface area (Å²) in [6.45, 7) is 2.44. The molecule has 2 amide bonds. The number of carbonyl (C=O) groups is 2. The first kappa shape index (κ1) is 19.3. The fourth-order valence-corrected chi connectivity index (χ4v) is 3.72. The summed E-state index contributed by atoms with van der Waals surface area (Å²) >= 11 is 0. The molecule has 3 heterocycles. The first-order valence-corrected chi connectivity index (χ1v) is 9.79. The summed E-state index contributed by atoms with van der Waals surface area (Å²) in [5.41, 5.74) is 1.59. The maximum absolute atomic E-state index is 13.7. The normalized spacial score (nSPS) is 16.9. The van der Waals surface area contributed by atoms with Crippen LogP contribution in [0.1, 0.15) is 34.6 Å². The van der Waals surface area contributed by atoms with Crippen molar-refractivity contribution in [3.8, 4) is 0 Å². The second kappa shape index (κ2) is 8.14. The highest BCUT2D eigenvalue weighted by Gasteiger charge is 2.26. The van der Waals surface area contributed by atoms with Crippen molar-refractivity contribution in [2.75, 3.05) is 26.2 Å². The van der Waals surface area contributed by atoms with Crippen LogP contribution in [-0.4, -0.2) is 57.6 Å². The van der Waals surface area contributed by atoms with E-state index in [4.69, 9.17) is 0 Å². The third kappa shape index (κ3) is 4.21. The third-order valence-corrected chi connectivity index (χ3v) is 5.38. The van der Waals surface area contributed by atoms with Gasteiger partial charge < -0.3 is 9.80 Å². The van der Waals surface area contributed by atoms with Crippen LogP contribution >= 0.6 is 0 Å². The molecular weight excluding hydrogens is 378 g/mol. The van der Waals surface area contributed by atoms with E-state index in [9.17, 15) is 18.4 Å². The number of nitrogens with zero attached hydrogens (tertiary/aromatic N) is 4. The number of hydrogen-bond donors (Lipinski definition) is 0. The molecule has 8 heteroatoms. The molecule has 152 valence electrons. The number of piperazine rings is 1. The predicted octanol–water partition coefficient (Wildman–Crippen LogP) is 2.50. The molecule has 4 rings (SSSR count). The molecule has 2 aliphatic rings. The summed E-state index contributed by atoms with van der Waals surface area (Å²) in [5, 5.41) is 4.43. The molecule has 29 heavy (non-hydrogen) atoms. The maximum atomic E-state index is 13.7. The van der Waals surface area contributed by atoms with Crippen LogP contribution in [0.2, 0.25) is 0 Å². The number of hydrogen-bond acceptors (Lipinski definition) is 3. The van der Waals surface area contributed by atoms with Crippen LogP contribution in [-0.2, 0) is 17.8 Å². The van der Waals surface area contributed by atoms with Gasteiger partial charge in [0.05, 0.1) is 0 Å². The molecule has 1 fully saturated rings. The summed E-state index contributed by atoms with van der Waals surface area (Å²) in [4.78, 5) is 28.4. The Hall–Kier alpha value is -3.03. The van der Waals surface area contributed by atoms with E-state index in [1.807, 2.05) is 10.7 Å². The lowest BCUT2D eigenvalue weighted by Crippen LogP contribution is -2.50. The molecule has 0 spiro atoms. The van der Waals surface area contributed by atoms with E-state index in [1.165, 1.54) is 12.2 Å². The largest absolute Gasteiger partial charge is 0.336 e. The summed E-state index contributed by atoms with van der Waals surface area (Å²) in [6, 6.07) is 4.97. The van der Waals surface area contributed by atoms with E-state index in [0.717, 1.165) is 49.7 Å². The molecule has 0 aliphatic carbocycles. The number of fused-ring (bicyclic) bond motifs is 1. The van der Waals surface area contributed by atoms with Crippen molar-refractivity contribution in [3.63, 3.8) is 0 Å². The molecule has 2 aliphatic heterocycles. The molecule has 2 aromatic rings. The molecule has 0 bridgehead atoms. The average molecular weight is 400 g/mol. The lowest BCUT2D eigenvalue weighted by molar-refractivity contribution is -0.127. The highest BCUT2D eigenvalue weighted by molar-refractivity contribution is 5.94. The number of carbonyl (C=O) groups excluding carboxylic acids is 2. The zero-order chi connectivity index (χ0) is 20.4. The summed E-state index contributed by atoms with van der Waals surface area (Å²) < 4.78 is 28.8. The van der Waals surface area contributed by atoms with Gasteiger partial charge in [-0.15, -0.1) is 0 Å². The third-order valence-electron chi connectivity index (χ3n) is 5.38. The monoisotopic (exact) mass is 400 g/mol. The molecule has 1 aromatic carbocycles. The maximum Gasteiger partial charge on any atom is 0.274 e. The Kier molecular flexibility index (Phi) is 5.42. The highest BCUT2D eigenvalue weighted by Crippen LogP contribution is 2.17. The topological polar surface area (TPSA) is 58.4 Å². The van der Waals surface area contributed by atoms with E-state index >= 15 is 0 Å². The Bertz CT molecular complexity index is 938. The van der Waals surface area contributed by atoms with Crippen molar-refractivity contribution in [2.45, 2.75) is 25.8 Å². The minimum absolute atomic E-state index is 0.0240. The molecule has 0 unspecified atom stereocenters. The predicted molar refractivity (Wildman–Crippen MR) is 103 cm³/mol.